The number of nitrogens with one attached hydrogen (secondary N) is 1. The maximum Gasteiger partial charge on any atom is 0.257 e. The number of hydrogen-bond donors (Lipinski definition) is 1. The fourth-order valence-corrected chi connectivity index (χ4v) is 3.22. The molecule has 1 aliphatic heterocycles. The zero-order valence-electron chi connectivity index (χ0n) is 14.7. The Morgan fingerprint density at radius 3 is 2.44 bits per heavy atom. The van der Waals surface area contributed by atoms with Crippen LogP contribution < -0.4 is 5.32 Å². The van der Waals surface area contributed by atoms with Crippen LogP contribution in [0.5, 0.6) is 0 Å². The molecule has 1 atom stereocenters. The summed E-state index contributed by atoms with van der Waals surface area (Å²) in [6, 6.07) is 13.9. The lowest BCUT2D eigenvalue weighted by atomic mass is 10.0. The summed E-state index contributed by atoms with van der Waals surface area (Å²) in [4.78, 5) is 17.2. The minimum atomic E-state index is -0.293. The normalized spacial score (nSPS) is 16.7. The summed E-state index contributed by atoms with van der Waals surface area (Å²) in [5.41, 5.74) is 2.38. The van der Waals surface area contributed by atoms with Gasteiger partial charge in [-0.25, -0.2) is 4.39 Å². The largest absolute Gasteiger partial charge is 0.361 e. The van der Waals surface area contributed by atoms with Gasteiger partial charge in [-0.2, -0.15) is 0 Å². The predicted molar refractivity (Wildman–Crippen MR) is 98.0 cm³/mol. The number of carbonyl (C=O) groups is 1. The number of rotatable bonds is 6. The van der Waals surface area contributed by atoms with Crippen LogP contribution in [-0.4, -0.2) is 41.9 Å². The number of amides is 1. The second-order valence-corrected chi connectivity index (χ2v) is 6.17. The minimum Gasteiger partial charge on any atom is -0.361 e. The van der Waals surface area contributed by atoms with Crippen molar-refractivity contribution >= 4 is 11.6 Å². The quantitative estimate of drug-likeness (QED) is 0.869. The zero-order chi connectivity index (χ0) is 17.8. The Labute approximate surface area is 148 Å². The van der Waals surface area contributed by atoms with Crippen molar-refractivity contribution in [3.63, 3.8) is 0 Å². The second-order valence-electron chi connectivity index (χ2n) is 6.17. The molecular weight excluding hydrogens is 317 g/mol. The third-order valence-corrected chi connectivity index (χ3v) is 4.76. The molecular formula is C20H24FN3O. The van der Waals surface area contributed by atoms with E-state index in [0.717, 1.165) is 30.9 Å². The van der Waals surface area contributed by atoms with E-state index < -0.39 is 0 Å². The van der Waals surface area contributed by atoms with Gasteiger partial charge < -0.3 is 15.1 Å². The minimum absolute atomic E-state index is 0.0100. The number of carbonyl (C=O) groups excluding carboxylic acids is 1. The first-order valence-corrected chi connectivity index (χ1v) is 8.78. The van der Waals surface area contributed by atoms with E-state index in [1.807, 2.05) is 29.2 Å². The van der Waals surface area contributed by atoms with Gasteiger partial charge in [-0.1, -0.05) is 38.1 Å². The molecule has 1 N–H and O–H groups in total. The van der Waals surface area contributed by atoms with Gasteiger partial charge in [-0.05, 0) is 42.9 Å². The highest BCUT2D eigenvalue weighted by molar-refractivity contribution is 6.01. The number of benzene rings is 2. The van der Waals surface area contributed by atoms with Gasteiger partial charge in [0, 0.05) is 18.8 Å². The molecule has 4 nitrogen and oxygen atoms in total. The van der Waals surface area contributed by atoms with Crippen molar-refractivity contribution in [1.82, 2.24) is 9.80 Å². The van der Waals surface area contributed by atoms with Crippen LogP contribution in [0.15, 0.2) is 48.5 Å². The van der Waals surface area contributed by atoms with Crippen molar-refractivity contribution in [3.05, 3.63) is 65.5 Å². The first kappa shape index (κ1) is 17.4. The summed E-state index contributed by atoms with van der Waals surface area (Å²) in [6.07, 6.45) is -0.293. The molecule has 0 saturated carbocycles. The molecule has 1 aliphatic rings. The van der Waals surface area contributed by atoms with Crippen molar-refractivity contribution in [2.45, 2.75) is 20.0 Å². The number of fused-ring (bicyclic) bond motifs is 1. The van der Waals surface area contributed by atoms with E-state index >= 15 is 0 Å². The molecule has 2 aromatic rings. The summed E-state index contributed by atoms with van der Waals surface area (Å²) in [5, 5.41) is 3.44. The fourth-order valence-electron chi connectivity index (χ4n) is 3.22. The highest BCUT2D eigenvalue weighted by atomic mass is 19.1. The van der Waals surface area contributed by atoms with E-state index in [0.29, 0.717) is 12.1 Å². The third-order valence-electron chi connectivity index (χ3n) is 4.76. The van der Waals surface area contributed by atoms with E-state index in [4.69, 9.17) is 0 Å². The van der Waals surface area contributed by atoms with Crippen LogP contribution in [-0.2, 0) is 0 Å². The molecule has 1 amide bonds. The maximum atomic E-state index is 13.3. The Morgan fingerprint density at radius 2 is 1.76 bits per heavy atom. The van der Waals surface area contributed by atoms with Gasteiger partial charge >= 0.3 is 0 Å². The molecule has 25 heavy (non-hydrogen) atoms. The van der Waals surface area contributed by atoms with Crippen LogP contribution in [0.1, 0.15) is 35.9 Å². The highest BCUT2D eigenvalue weighted by Crippen LogP contribution is 2.32. The van der Waals surface area contributed by atoms with Crippen molar-refractivity contribution in [3.8, 4) is 0 Å². The van der Waals surface area contributed by atoms with Crippen LogP contribution in [0, 0.1) is 5.82 Å². The molecule has 0 saturated heterocycles. The first-order chi connectivity index (χ1) is 12.1. The van der Waals surface area contributed by atoms with Crippen LogP contribution in [0.2, 0.25) is 0 Å². The highest BCUT2D eigenvalue weighted by Gasteiger charge is 2.32. The van der Waals surface area contributed by atoms with Gasteiger partial charge in [0.25, 0.3) is 5.91 Å². The number of halogens is 1. The molecule has 1 heterocycles. The third kappa shape index (κ3) is 3.66. The van der Waals surface area contributed by atoms with E-state index in [-0.39, 0.29) is 17.9 Å². The van der Waals surface area contributed by atoms with E-state index in [1.54, 1.807) is 12.1 Å². The summed E-state index contributed by atoms with van der Waals surface area (Å²) in [6.45, 7) is 7.55. The Bertz CT molecular complexity index is 728. The van der Waals surface area contributed by atoms with Crippen molar-refractivity contribution in [2.75, 3.05) is 31.5 Å². The molecule has 5 heteroatoms. The Hall–Kier alpha value is -2.40. The molecule has 0 radical (unpaired) electrons. The lowest BCUT2D eigenvalue weighted by Gasteiger charge is -2.39. The fraction of sp³-hybridized carbons (Fsp3) is 0.350. The summed E-state index contributed by atoms with van der Waals surface area (Å²) in [7, 11) is 0. The molecule has 0 unspecified atom stereocenters. The summed E-state index contributed by atoms with van der Waals surface area (Å²) < 4.78 is 13.3. The lowest BCUT2D eigenvalue weighted by Crippen LogP contribution is -2.46. The maximum absolute atomic E-state index is 13.3. The average Bonchev–Trinajstić information content (AvgIpc) is 2.64. The van der Waals surface area contributed by atoms with Crippen molar-refractivity contribution < 1.29 is 9.18 Å². The molecule has 132 valence electrons. The smallest absolute Gasteiger partial charge is 0.257 e. The number of nitrogens with zero attached hydrogens (tertiary/aromatic N) is 2. The Morgan fingerprint density at radius 1 is 1.08 bits per heavy atom. The molecule has 0 fully saturated rings. The number of anilines is 1. The lowest BCUT2D eigenvalue weighted by molar-refractivity contribution is 0.0660. The molecule has 3 rings (SSSR count). The SMILES string of the molecule is CCN(CC)CCN1C(=O)c2ccccc2N[C@@H]1c1ccc(F)cc1. The van der Waals surface area contributed by atoms with Gasteiger partial charge in [0.15, 0.2) is 0 Å². The number of hydrogen-bond acceptors (Lipinski definition) is 3. The second kappa shape index (κ2) is 7.66. The molecule has 0 aromatic heterocycles. The van der Waals surface area contributed by atoms with Crippen molar-refractivity contribution in [1.29, 1.82) is 0 Å². The Balaban J connectivity index is 1.91. The van der Waals surface area contributed by atoms with Gasteiger partial charge in [-0.3, -0.25) is 4.79 Å². The van der Waals surface area contributed by atoms with Gasteiger partial charge in [0.1, 0.15) is 12.0 Å². The van der Waals surface area contributed by atoms with Gasteiger partial charge in [0.05, 0.1) is 5.56 Å². The van der Waals surface area contributed by atoms with Crippen molar-refractivity contribution in [2.24, 2.45) is 0 Å². The molecule has 0 spiro atoms. The first-order valence-electron chi connectivity index (χ1n) is 8.78. The van der Waals surface area contributed by atoms with Gasteiger partial charge in [0.2, 0.25) is 0 Å². The van der Waals surface area contributed by atoms with Crippen LogP contribution in [0.3, 0.4) is 0 Å². The summed E-state index contributed by atoms with van der Waals surface area (Å²) >= 11 is 0. The zero-order valence-corrected chi connectivity index (χ0v) is 14.7. The van der Waals surface area contributed by atoms with E-state index in [1.165, 1.54) is 12.1 Å². The van der Waals surface area contributed by atoms with Crippen LogP contribution >= 0.6 is 0 Å². The van der Waals surface area contributed by atoms with E-state index in [9.17, 15) is 9.18 Å². The average molecular weight is 341 g/mol. The van der Waals surface area contributed by atoms with Gasteiger partial charge in [-0.15, -0.1) is 0 Å². The van der Waals surface area contributed by atoms with Crippen LogP contribution in [0.4, 0.5) is 10.1 Å². The molecule has 0 aliphatic carbocycles. The monoisotopic (exact) mass is 341 g/mol. The molecule has 2 aromatic carbocycles. The predicted octanol–water partition coefficient (Wildman–Crippen LogP) is 3.73. The van der Waals surface area contributed by atoms with E-state index in [2.05, 4.69) is 24.1 Å². The molecule has 0 bridgehead atoms. The summed E-state index contributed by atoms with van der Waals surface area (Å²) in [5.74, 6) is -0.267. The standard InChI is InChI=1S/C20H24FN3O/c1-3-23(4-2)13-14-24-19(15-9-11-16(21)12-10-15)22-18-8-6-5-7-17(18)20(24)25/h5-12,19,22H,3-4,13-14H2,1-2H3/t19-/m0/s1. The van der Waals surface area contributed by atoms with Crippen LogP contribution in [0.25, 0.3) is 0 Å². The topological polar surface area (TPSA) is 35.6 Å². The Kier molecular flexibility index (Phi) is 5.34. The number of para-hydroxylation sites is 1. The number of likely N-dealkylation sites (N-methyl/N-ethyl adjacent to an activating group) is 1.